The zero-order valence-electron chi connectivity index (χ0n) is 17.5. The first-order valence-corrected chi connectivity index (χ1v) is 10.5. The van der Waals surface area contributed by atoms with Gasteiger partial charge in [0.25, 0.3) is 5.91 Å². The number of likely N-dealkylation sites (tertiary alicyclic amines) is 1. The molecule has 1 amide bonds. The van der Waals surface area contributed by atoms with Crippen molar-refractivity contribution < 1.29 is 14.6 Å². The molecule has 0 radical (unpaired) electrons. The topological polar surface area (TPSA) is 53.0 Å². The van der Waals surface area contributed by atoms with Crippen molar-refractivity contribution in [3.8, 4) is 5.75 Å². The number of anilines is 1. The van der Waals surface area contributed by atoms with E-state index >= 15 is 0 Å². The molecule has 1 fully saturated rings. The minimum absolute atomic E-state index is 0.0475. The van der Waals surface area contributed by atoms with Crippen LogP contribution >= 0.6 is 0 Å². The van der Waals surface area contributed by atoms with E-state index in [-0.39, 0.29) is 17.2 Å². The maximum absolute atomic E-state index is 13.0. The lowest BCUT2D eigenvalue weighted by Gasteiger charge is -2.35. The van der Waals surface area contributed by atoms with Crippen LogP contribution < -0.4 is 4.90 Å². The third-order valence-corrected chi connectivity index (χ3v) is 5.52. The van der Waals surface area contributed by atoms with Crippen molar-refractivity contribution in [1.82, 2.24) is 4.90 Å². The van der Waals surface area contributed by atoms with E-state index in [2.05, 4.69) is 18.7 Å². The molecule has 156 valence electrons. The van der Waals surface area contributed by atoms with Crippen LogP contribution in [0.15, 0.2) is 54.6 Å². The molecule has 1 saturated heterocycles. The summed E-state index contributed by atoms with van der Waals surface area (Å²) in [6.07, 6.45) is 3.29. The minimum Gasteiger partial charge on any atom is -0.508 e. The van der Waals surface area contributed by atoms with Crippen LogP contribution in [0.25, 0.3) is 0 Å². The highest BCUT2D eigenvalue weighted by atomic mass is 16.5. The molecule has 0 spiro atoms. The highest BCUT2D eigenvalue weighted by Gasteiger charge is 2.29. The number of hydrogen-bond donors (Lipinski definition) is 1. The molecule has 2 aromatic carbocycles. The fraction of sp³-hybridized carbons (Fsp3) is 0.458. The van der Waals surface area contributed by atoms with Gasteiger partial charge in [0, 0.05) is 29.9 Å². The van der Waals surface area contributed by atoms with Crippen molar-refractivity contribution in [2.24, 2.45) is 0 Å². The number of hydrogen-bond acceptors (Lipinski definition) is 4. The molecule has 0 unspecified atom stereocenters. The lowest BCUT2D eigenvalue weighted by Crippen LogP contribution is -2.45. The Morgan fingerprint density at radius 1 is 1.07 bits per heavy atom. The minimum atomic E-state index is -0.0475. The Labute approximate surface area is 173 Å². The molecule has 1 aliphatic rings. The zero-order valence-corrected chi connectivity index (χ0v) is 17.5. The van der Waals surface area contributed by atoms with Gasteiger partial charge in [-0.05, 0) is 82.6 Å². The van der Waals surface area contributed by atoms with Crippen molar-refractivity contribution >= 4 is 11.6 Å². The lowest BCUT2D eigenvalue weighted by molar-refractivity contribution is 0.0229. The summed E-state index contributed by atoms with van der Waals surface area (Å²) >= 11 is 0. The molecule has 1 aliphatic heterocycles. The number of carbonyl (C=O) groups excluding carboxylic acids is 1. The number of rotatable bonds is 9. The Kier molecular flexibility index (Phi) is 7.29. The van der Waals surface area contributed by atoms with E-state index in [9.17, 15) is 9.90 Å². The summed E-state index contributed by atoms with van der Waals surface area (Å²) in [5, 5.41) is 9.58. The van der Waals surface area contributed by atoms with Gasteiger partial charge in [0.15, 0.2) is 0 Å². The average Bonchev–Trinajstić information content (AvgIpc) is 3.28. The normalized spacial score (nSPS) is 14.8. The predicted octanol–water partition coefficient (Wildman–Crippen LogP) is 4.32. The Hall–Kier alpha value is -2.37. The molecule has 5 nitrogen and oxygen atoms in total. The largest absolute Gasteiger partial charge is 0.508 e. The van der Waals surface area contributed by atoms with Gasteiger partial charge in [-0.3, -0.25) is 9.69 Å². The highest BCUT2D eigenvalue weighted by molar-refractivity contribution is 6.06. The molecule has 0 saturated carbocycles. The average molecular weight is 397 g/mol. The summed E-state index contributed by atoms with van der Waals surface area (Å²) < 4.78 is 5.98. The van der Waals surface area contributed by atoms with E-state index in [1.165, 1.54) is 12.8 Å². The van der Waals surface area contributed by atoms with Gasteiger partial charge in [0.2, 0.25) is 0 Å². The second-order valence-corrected chi connectivity index (χ2v) is 8.25. The highest BCUT2D eigenvalue weighted by Crippen LogP contribution is 2.22. The first-order valence-electron chi connectivity index (χ1n) is 10.5. The Morgan fingerprint density at radius 2 is 1.72 bits per heavy atom. The van der Waals surface area contributed by atoms with Crippen LogP contribution in [0.5, 0.6) is 5.75 Å². The number of phenols is 1. The Morgan fingerprint density at radius 3 is 2.38 bits per heavy atom. The van der Waals surface area contributed by atoms with Crippen LogP contribution in [-0.2, 0) is 4.74 Å². The van der Waals surface area contributed by atoms with Gasteiger partial charge in [-0.15, -0.1) is 0 Å². The molecule has 29 heavy (non-hydrogen) atoms. The van der Waals surface area contributed by atoms with Gasteiger partial charge < -0.3 is 14.7 Å². The SMILES string of the molecule is CC(C)(COCCCN(C(=O)c1ccccc1)c1ccc(O)cc1)N1CCCC1. The summed E-state index contributed by atoms with van der Waals surface area (Å²) in [4.78, 5) is 17.3. The van der Waals surface area contributed by atoms with Crippen molar-refractivity contribution in [3.63, 3.8) is 0 Å². The summed E-state index contributed by atoms with van der Waals surface area (Å²) in [5.74, 6) is 0.141. The lowest BCUT2D eigenvalue weighted by atomic mass is 10.1. The van der Waals surface area contributed by atoms with E-state index < -0.39 is 0 Å². The first-order chi connectivity index (χ1) is 14.0. The molecule has 0 aromatic heterocycles. The smallest absolute Gasteiger partial charge is 0.258 e. The van der Waals surface area contributed by atoms with E-state index in [4.69, 9.17) is 4.74 Å². The monoisotopic (exact) mass is 396 g/mol. The molecule has 3 rings (SSSR count). The van der Waals surface area contributed by atoms with E-state index in [1.807, 2.05) is 30.3 Å². The molecule has 0 bridgehead atoms. The number of amides is 1. The summed E-state index contributed by atoms with van der Waals surface area (Å²) in [7, 11) is 0. The van der Waals surface area contributed by atoms with Gasteiger partial charge in [-0.2, -0.15) is 0 Å². The number of aromatic hydroxyl groups is 1. The number of carbonyl (C=O) groups is 1. The third-order valence-electron chi connectivity index (χ3n) is 5.52. The zero-order chi connectivity index (χ0) is 20.7. The van der Waals surface area contributed by atoms with Crippen LogP contribution in [0.1, 0.15) is 43.5 Å². The van der Waals surface area contributed by atoms with Crippen molar-refractivity contribution in [2.45, 2.75) is 38.6 Å². The maximum atomic E-state index is 13.0. The number of ether oxygens (including phenoxy) is 1. The fourth-order valence-corrected chi connectivity index (χ4v) is 3.78. The van der Waals surface area contributed by atoms with E-state index in [0.29, 0.717) is 25.3 Å². The van der Waals surface area contributed by atoms with Gasteiger partial charge in [-0.25, -0.2) is 0 Å². The Bertz CT molecular complexity index is 768. The maximum Gasteiger partial charge on any atom is 0.258 e. The van der Waals surface area contributed by atoms with Gasteiger partial charge in [0.1, 0.15) is 5.75 Å². The number of phenolic OH excluding ortho intramolecular Hbond substituents is 1. The van der Waals surface area contributed by atoms with Gasteiger partial charge in [-0.1, -0.05) is 18.2 Å². The first kappa shape index (κ1) is 21.3. The molecule has 1 N–H and O–H groups in total. The standard InChI is InChI=1S/C24H32N2O3/c1-24(2,25-15-6-7-16-25)19-29-18-8-17-26(21-11-13-22(27)14-12-21)23(28)20-9-4-3-5-10-20/h3-5,9-14,27H,6-8,15-19H2,1-2H3. The number of nitrogens with zero attached hydrogens (tertiary/aromatic N) is 2. The van der Waals surface area contributed by atoms with Crippen LogP contribution in [0, 0.1) is 0 Å². The molecule has 0 aliphatic carbocycles. The number of benzene rings is 2. The second kappa shape index (κ2) is 9.90. The quantitative estimate of drug-likeness (QED) is 0.642. The molecular formula is C24H32N2O3. The molecule has 1 heterocycles. The summed E-state index contributed by atoms with van der Waals surface area (Å²) in [6, 6.07) is 16.0. The van der Waals surface area contributed by atoms with E-state index in [0.717, 1.165) is 25.2 Å². The fourth-order valence-electron chi connectivity index (χ4n) is 3.78. The third kappa shape index (κ3) is 5.81. The van der Waals surface area contributed by atoms with E-state index in [1.54, 1.807) is 29.2 Å². The van der Waals surface area contributed by atoms with Crippen molar-refractivity contribution in [2.75, 3.05) is 37.7 Å². The summed E-state index contributed by atoms with van der Waals surface area (Å²) in [6.45, 7) is 8.63. The van der Waals surface area contributed by atoms with Crippen molar-refractivity contribution in [1.29, 1.82) is 0 Å². The predicted molar refractivity (Wildman–Crippen MR) is 117 cm³/mol. The molecular weight excluding hydrogens is 364 g/mol. The molecule has 5 heteroatoms. The molecule has 2 aromatic rings. The van der Waals surface area contributed by atoms with Crippen LogP contribution in [0.2, 0.25) is 0 Å². The van der Waals surface area contributed by atoms with Crippen molar-refractivity contribution in [3.05, 3.63) is 60.2 Å². The van der Waals surface area contributed by atoms with Gasteiger partial charge in [0.05, 0.1) is 6.61 Å². The van der Waals surface area contributed by atoms with Crippen LogP contribution in [0.4, 0.5) is 5.69 Å². The van der Waals surface area contributed by atoms with Crippen LogP contribution in [-0.4, -0.2) is 54.3 Å². The second-order valence-electron chi connectivity index (χ2n) is 8.25. The Balaban J connectivity index is 1.57. The summed E-state index contributed by atoms with van der Waals surface area (Å²) in [5.41, 5.74) is 1.47. The van der Waals surface area contributed by atoms with Crippen LogP contribution in [0.3, 0.4) is 0 Å². The molecule has 0 atom stereocenters. The van der Waals surface area contributed by atoms with Gasteiger partial charge >= 0.3 is 0 Å².